The molecule has 0 bridgehead atoms. The molecule has 1 N–H and O–H groups in total. The lowest BCUT2D eigenvalue weighted by Gasteiger charge is -2.11. The molecule has 1 unspecified atom stereocenters. The lowest BCUT2D eigenvalue weighted by molar-refractivity contribution is -0.0512. The molecule has 1 atom stereocenters. The topological polar surface area (TPSA) is 30.5 Å². The standard InChI is InChI=1S/C15H21F2NO2/c1-4-9-18-11(2)5-6-12-7-8-13(20-15(16)17)14(10-12)19-3/h5-8,10-11,15,18H,4,9H2,1-3H3/b6-5+. The van der Waals surface area contributed by atoms with Crippen LogP contribution in [0.1, 0.15) is 25.8 Å². The van der Waals surface area contributed by atoms with Gasteiger partial charge in [0.1, 0.15) is 0 Å². The summed E-state index contributed by atoms with van der Waals surface area (Å²) < 4.78 is 33.8. The summed E-state index contributed by atoms with van der Waals surface area (Å²) in [4.78, 5) is 0. The zero-order valence-corrected chi connectivity index (χ0v) is 12.0. The van der Waals surface area contributed by atoms with Crippen LogP contribution in [0.2, 0.25) is 0 Å². The Kier molecular flexibility index (Phi) is 7.01. The van der Waals surface area contributed by atoms with Crippen LogP contribution in [-0.4, -0.2) is 26.3 Å². The van der Waals surface area contributed by atoms with Gasteiger partial charge in [-0.1, -0.05) is 25.1 Å². The van der Waals surface area contributed by atoms with Crippen LogP contribution < -0.4 is 14.8 Å². The Labute approximate surface area is 118 Å². The Morgan fingerprint density at radius 3 is 2.65 bits per heavy atom. The van der Waals surface area contributed by atoms with Crippen LogP contribution in [0, 0.1) is 0 Å². The van der Waals surface area contributed by atoms with E-state index in [0.29, 0.717) is 5.75 Å². The van der Waals surface area contributed by atoms with E-state index in [4.69, 9.17) is 4.74 Å². The number of methoxy groups -OCH3 is 1. The summed E-state index contributed by atoms with van der Waals surface area (Å²) in [5.41, 5.74) is 0.869. The van der Waals surface area contributed by atoms with Gasteiger partial charge in [-0.05, 0) is 37.6 Å². The summed E-state index contributed by atoms with van der Waals surface area (Å²) in [7, 11) is 1.42. The molecule has 1 aromatic carbocycles. The summed E-state index contributed by atoms with van der Waals surface area (Å²) in [6.45, 7) is 2.26. The second-order valence-corrected chi connectivity index (χ2v) is 4.39. The zero-order chi connectivity index (χ0) is 15.0. The van der Waals surface area contributed by atoms with Crippen LogP contribution in [0.5, 0.6) is 11.5 Å². The molecular formula is C15H21F2NO2. The lowest BCUT2D eigenvalue weighted by Crippen LogP contribution is -2.24. The Bertz CT molecular complexity index is 436. The monoisotopic (exact) mass is 285 g/mol. The van der Waals surface area contributed by atoms with Crippen molar-refractivity contribution in [3.05, 3.63) is 29.8 Å². The van der Waals surface area contributed by atoms with Gasteiger partial charge in [-0.15, -0.1) is 0 Å². The lowest BCUT2D eigenvalue weighted by atomic mass is 10.1. The Hall–Kier alpha value is -1.62. The predicted molar refractivity (Wildman–Crippen MR) is 76.4 cm³/mol. The van der Waals surface area contributed by atoms with Crippen molar-refractivity contribution in [2.45, 2.75) is 32.9 Å². The summed E-state index contributed by atoms with van der Waals surface area (Å²) in [6.07, 6.45) is 5.01. The van der Waals surface area contributed by atoms with E-state index in [1.54, 1.807) is 12.1 Å². The molecular weight excluding hydrogens is 264 g/mol. The second kappa shape index (κ2) is 8.53. The SMILES string of the molecule is CCCNC(C)/C=C/c1ccc(OC(F)F)c(OC)c1. The van der Waals surface area contributed by atoms with E-state index in [0.717, 1.165) is 18.5 Å². The summed E-state index contributed by atoms with van der Waals surface area (Å²) in [5, 5.41) is 3.33. The van der Waals surface area contributed by atoms with Crippen LogP contribution in [0.3, 0.4) is 0 Å². The summed E-state index contributed by atoms with van der Waals surface area (Å²) in [6, 6.07) is 5.11. The van der Waals surface area contributed by atoms with Crippen LogP contribution in [0.25, 0.3) is 6.08 Å². The second-order valence-electron chi connectivity index (χ2n) is 4.39. The van der Waals surface area contributed by atoms with Crippen molar-refractivity contribution >= 4 is 6.08 Å². The first-order chi connectivity index (χ1) is 9.56. The van der Waals surface area contributed by atoms with Crippen molar-refractivity contribution in [3.8, 4) is 11.5 Å². The third-order valence-electron chi connectivity index (χ3n) is 2.70. The molecule has 5 heteroatoms. The number of nitrogens with one attached hydrogen (secondary N) is 1. The average molecular weight is 285 g/mol. The van der Waals surface area contributed by atoms with Crippen LogP contribution in [0.15, 0.2) is 24.3 Å². The van der Waals surface area contributed by atoms with E-state index >= 15 is 0 Å². The number of alkyl halides is 2. The number of ether oxygens (including phenoxy) is 2. The van der Waals surface area contributed by atoms with Crippen molar-refractivity contribution in [2.24, 2.45) is 0 Å². The first-order valence-corrected chi connectivity index (χ1v) is 6.61. The number of benzene rings is 1. The van der Waals surface area contributed by atoms with Crippen LogP contribution in [0.4, 0.5) is 8.78 Å². The predicted octanol–water partition coefficient (Wildman–Crippen LogP) is 3.70. The molecule has 0 heterocycles. The van der Waals surface area contributed by atoms with Gasteiger partial charge in [0.05, 0.1) is 7.11 Å². The number of hydrogen-bond acceptors (Lipinski definition) is 3. The Balaban J connectivity index is 2.74. The van der Waals surface area contributed by atoms with Gasteiger partial charge < -0.3 is 14.8 Å². The molecule has 0 spiro atoms. The minimum atomic E-state index is -2.86. The normalized spacial score (nSPS) is 12.9. The van der Waals surface area contributed by atoms with Gasteiger partial charge in [-0.25, -0.2) is 0 Å². The molecule has 0 saturated heterocycles. The Morgan fingerprint density at radius 2 is 2.05 bits per heavy atom. The largest absolute Gasteiger partial charge is 0.493 e. The molecule has 0 aliphatic carbocycles. The summed E-state index contributed by atoms with van der Waals surface area (Å²) in [5.74, 6) is 0.332. The minimum absolute atomic E-state index is 0.0387. The maximum absolute atomic E-state index is 12.2. The molecule has 112 valence electrons. The highest BCUT2D eigenvalue weighted by Crippen LogP contribution is 2.29. The van der Waals surface area contributed by atoms with Gasteiger partial charge >= 0.3 is 6.61 Å². The molecule has 20 heavy (non-hydrogen) atoms. The average Bonchev–Trinajstić information content (AvgIpc) is 2.43. The molecule has 0 radical (unpaired) electrons. The van der Waals surface area contributed by atoms with E-state index in [-0.39, 0.29) is 11.8 Å². The maximum atomic E-state index is 12.2. The van der Waals surface area contributed by atoms with E-state index < -0.39 is 6.61 Å². The number of halogens is 2. The number of hydrogen-bond donors (Lipinski definition) is 1. The van der Waals surface area contributed by atoms with Crippen molar-refractivity contribution < 1.29 is 18.3 Å². The first kappa shape index (κ1) is 16.4. The molecule has 0 amide bonds. The van der Waals surface area contributed by atoms with E-state index in [1.807, 2.05) is 12.2 Å². The molecule has 1 aromatic rings. The van der Waals surface area contributed by atoms with E-state index in [2.05, 4.69) is 23.9 Å². The third-order valence-corrected chi connectivity index (χ3v) is 2.70. The van der Waals surface area contributed by atoms with Crippen LogP contribution in [-0.2, 0) is 0 Å². The van der Waals surface area contributed by atoms with Gasteiger partial charge in [0, 0.05) is 6.04 Å². The van der Waals surface area contributed by atoms with Gasteiger partial charge in [-0.3, -0.25) is 0 Å². The fourth-order valence-corrected chi connectivity index (χ4v) is 1.68. The molecule has 0 saturated carbocycles. The molecule has 0 aliphatic rings. The van der Waals surface area contributed by atoms with Crippen molar-refractivity contribution in [1.29, 1.82) is 0 Å². The zero-order valence-electron chi connectivity index (χ0n) is 12.0. The molecule has 0 fully saturated rings. The molecule has 0 aromatic heterocycles. The van der Waals surface area contributed by atoms with E-state index in [9.17, 15) is 8.78 Å². The third kappa shape index (κ3) is 5.57. The van der Waals surface area contributed by atoms with Gasteiger partial charge in [0.2, 0.25) is 0 Å². The van der Waals surface area contributed by atoms with Crippen molar-refractivity contribution in [2.75, 3.05) is 13.7 Å². The molecule has 1 rings (SSSR count). The number of rotatable bonds is 8. The fourth-order valence-electron chi connectivity index (χ4n) is 1.68. The van der Waals surface area contributed by atoms with Crippen molar-refractivity contribution in [3.63, 3.8) is 0 Å². The van der Waals surface area contributed by atoms with Gasteiger partial charge in [-0.2, -0.15) is 8.78 Å². The summed E-state index contributed by atoms with van der Waals surface area (Å²) >= 11 is 0. The van der Waals surface area contributed by atoms with E-state index in [1.165, 1.54) is 13.2 Å². The Morgan fingerprint density at radius 1 is 1.30 bits per heavy atom. The molecule has 0 aliphatic heterocycles. The van der Waals surface area contributed by atoms with Crippen LogP contribution >= 0.6 is 0 Å². The highest BCUT2D eigenvalue weighted by Gasteiger charge is 2.10. The highest BCUT2D eigenvalue weighted by molar-refractivity contribution is 5.56. The highest BCUT2D eigenvalue weighted by atomic mass is 19.3. The van der Waals surface area contributed by atoms with Gasteiger partial charge in [0.15, 0.2) is 11.5 Å². The quantitative estimate of drug-likeness (QED) is 0.790. The smallest absolute Gasteiger partial charge is 0.387 e. The van der Waals surface area contributed by atoms with Crippen molar-refractivity contribution in [1.82, 2.24) is 5.32 Å². The molecule has 3 nitrogen and oxygen atoms in total. The first-order valence-electron chi connectivity index (χ1n) is 6.61. The fraction of sp³-hybridized carbons (Fsp3) is 0.467. The minimum Gasteiger partial charge on any atom is -0.493 e. The van der Waals surface area contributed by atoms with Gasteiger partial charge in [0.25, 0.3) is 0 Å². The maximum Gasteiger partial charge on any atom is 0.387 e.